The van der Waals surface area contributed by atoms with Crippen molar-refractivity contribution in [1.82, 2.24) is 15.0 Å². The number of ether oxygens (including phenoxy) is 1. The van der Waals surface area contributed by atoms with Crippen molar-refractivity contribution in [2.45, 2.75) is 5.60 Å². The van der Waals surface area contributed by atoms with Crippen molar-refractivity contribution >= 4 is 0 Å². The van der Waals surface area contributed by atoms with Crippen molar-refractivity contribution in [2.24, 2.45) is 0 Å². The summed E-state index contributed by atoms with van der Waals surface area (Å²) in [6.45, 7) is 0. The van der Waals surface area contributed by atoms with E-state index >= 15 is 0 Å². The second-order valence-corrected chi connectivity index (χ2v) is 14.3. The highest BCUT2D eigenvalue weighted by molar-refractivity contribution is 5.89. The Labute approximate surface area is 325 Å². The summed E-state index contributed by atoms with van der Waals surface area (Å²) in [6.07, 6.45) is 0. The van der Waals surface area contributed by atoms with E-state index in [0.717, 1.165) is 72.5 Å². The minimum Gasteiger partial charge on any atom is -0.472 e. The zero-order valence-corrected chi connectivity index (χ0v) is 30.3. The number of hydrogen-bond donors (Lipinski definition) is 0. The molecule has 0 atom stereocenters. The first kappa shape index (κ1) is 32.0. The Morgan fingerprint density at radius 3 is 1.20 bits per heavy atom. The molecule has 4 heteroatoms. The molecule has 0 N–H and O–H groups in total. The van der Waals surface area contributed by atoms with E-state index in [1.54, 1.807) is 0 Å². The molecule has 2 heterocycles. The molecule has 0 bridgehead atoms. The van der Waals surface area contributed by atoms with Gasteiger partial charge >= 0.3 is 0 Å². The van der Waals surface area contributed by atoms with Crippen LogP contribution in [-0.4, -0.2) is 15.0 Å². The summed E-state index contributed by atoms with van der Waals surface area (Å²) in [5.74, 6) is 2.69. The summed E-state index contributed by atoms with van der Waals surface area (Å²) in [5.41, 5.74) is 14.5. The Morgan fingerprint density at radius 1 is 0.286 bits per heavy atom. The van der Waals surface area contributed by atoms with E-state index in [4.69, 9.17) is 19.7 Å². The molecule has 0 radical (unpaired) electrons. The Morgan fingerprint density at radius 2 is 0.661 bits per heavy atom. The predicted octanol–water partition coefficient (Wildman–Crippen LogP) is 12.5. The van der Waals surface area contributed by atoms with Gasteiger partial charge < -0.3 is 4.74 Å². The van der Waals surface area contributed by atoms with Crippen molar-refractivity contribution in [1.29, 1.82) is 0 Å². The molecule has 262 valence electrons. The van der Waals surface area contributed by atoms with E-state index in [-0.39, 0.29) is 0 Å². The van der Waals surface area contributed by atoms with E-state index in [2.05, 4.69) is 182 Å². The van der Waals surface area contributed by atoms with Crippen molar-refractivity contribution in [3.05, 3.63) is 217 Å². The van der Waals surface area contributed by atoms with Gasteiger partial charge in [-0.15, -0.1) is 0 Å². The molecule has 0 saturated carbocycles. The molecule has 1 aromatic heterocycles. The largest absolute Gasteiger partial charge is 0.472 e. The molecule has 1 aliphatic heterocycles. The second-order valence-electron chi connectivity index (χ2n) is 14.3. The first-order valence-electron chi connectivity index (χ1n) is 18.9. The van der Waals surface area contributed by atoms with Gasteiger partial charge in [-0.3, -0.25) is 0 Å². The van der Waals surface area contributed by atoms with Gasteiger partial charge in [0.25, 0.3) is 0 Å². The Bertz CT molecular complexity index is 2770. The number of para-hydroxylation sites is 1. The van der Waals surface area contributed by atoms with E-state index in [9.17, 15) is 0 Å². The van der Waals surface area contributed by atoms with Gasteiger partial charge in [0.05, 0.1) is 0 Å². The molecule has 1 spiro atoms. The lowest BCUT2D eigenvalue weighted by Crippen LogP contribution is -2.36. The third-order valence-electron chi connectivity index (χ3n) is 11.1. The zero-order chi connectivity index (χ0) is 37.1. The Kier molecular flexibility index (Phi) is 7.36. The highest BCUT2D eigenvalue weighted by Gasteiger charge is 2.50. The number of aromatic nitrogens is 3. The van der Waals surface area contributed by atoms with Crippen LogP contribution >= 0.6 is 0 Å². The second kappa shape index (κ2) is 12.9. The van der Waals surface area contributed by atoms with Crippen LogP contribution in [0.3, 0.4) is 0 Å². The monoisotopic (exact) mass is 715 g/mol. The first-order chi connectivity index (χ1) is 27.7. The van der Waals surface area contributed by atoms with Crippen LogP contribution in [0.1, 0.15) is 16.7 Å². The van der Waals surface area contributed by atoms with Crippen molar-refractivity contribution < 1.29 is 4.74 Å². The van der Waals surface area contributed by atoms with Crippen molar-refractivity contribution in [2.75, 3.05) is 0 Å². The van der Waals surface area contributed by atoms with Crippen LogP contribution in [0.5, 0.6) is 5.75 Å². The molecule has 0 fully saturated rings. The molecule has 0 unspecified atom stereocenters. The van der Waals surface area contributed by atoms with Gasteiger partial charge in [0, 0.05) is 38.9 Å². The number of fused-ring (bicyclic) bond motifs is 9. The van der Waals surface area contributed by atoms with Gasteiger partial charge in [-0.1, -0.05) is 188 Å². The fourth-order valence-corrected chi connectivity index (χ4v) is 8.45. The normalized spacial score (nSPS) is 12.9. The topological polar surface area (TPSA) is 47.9 Å². The molecular weight excluding hydrogens is 683 g/mol. The molecule has 8 aromatic carbocycles. The number of benzene rings is 8. The van der Waals surface area contributed by atoms with Crippen LogP contribution in [-0.2, 0) is 5.60 Å². The summed E-state index contributed by atoms with van der Waals surface area (Å²) in [5, 5.41) is 0. The predicted molar refractivity (Wildman–Crippen MR) is 225 cm³/mol. The molecule has 56 heavy (non-hydrogen) atoms. The lowest BCUT2D eigenvalue weighted by molar-refractivity contribution is 0.157. The third kappa shape index (κ3) is 5.11. The Balaban J connectivity index is 1.08. The molecule has 0 saturated heterocycles. The summed E-state index contributed by atoms with van der Waals surface area (Å²) < 4.78 is 7.20. The number of rotatable bonds is 5. The third-order valence-corrected chi connectivity index (χ3v) is 11.1. The summed E-state index contributed by atoms with van der Waals surface area (Å²) in [6, 6.07) is 69.9. The maximum absolute atomic E-state index is 7.20. The van der Waals surface area contributed by atoms with Crippen molar-refractivity contribution in [3.63, 3.8) is 0 Å². The van der Waals surface area contributed by atoms with Gasteiger partial charge in [0.15, 0.2) is 23.1 Å². The summed E-state index contributed by atoms with van der Waals surface area (Å²) in [4.78, 5) is 15.5. The maximum Gasteiger partial charge on any atom is 0.186 e. The van der Waals surface area contributed by atoms with Gasteiger partial charge in [0.2, 0.25) is 0 Å². The van der Waals surface area contributed by atoms with E-state index in [1.165, 1.54) is 11.1 Å². The standard InChI is InChI=1S/C52H33N3O/c1-3-13-34(14-4-1)36-23-27-38(28-24-36)49-53-50(39-29-25-37(26-30-39)35-15-5-2-6-16-35)55-51(54-49)40-31-32-47-44(33-40)43-19-9-12-22-48(43)56-52(47)45-20-10-7-17-41(45)42-18-8-11-21-46(42)52/h1-33H. The van der Waals surface area contributed by atoms with Crippen LogP contribution < -0.4 is 4.74 Å². The smallest absolute Gasteiger partial charge is 0.186 e. The number of hydrogen-bond acceptors (Lipinski definition) is 4. The van der Waals surface area contributed by atoms with Gasteiger partial charge in [-0.05, 0) is 51.1 Å². The van der Waals surface area contributed by atoms with Gasteiger partial charge in [-0.25, -0.2) is 15.0 Å². The van der Waals surface area contributed by atoms with Crippen LogP contribution in [0.2, 0.25) is 0 Å². The maximum atomic E-state index is 7.20. The molecule has 4 nitrogen and oxygen atoms in total. The van der Waals surface area contributed by atoms with E-state index in [1.807, 2.05) is 18.2 Å². The van der Waals surface area contributed by atoms with Gasteiger partial charge in [-0.2, -0.15) is 0 Å². The zero-order valence-electron chi connectivity index (χ0n) is 30.3. The summed E-state index contributed by atoms with van der Waals surface area (Å²) in [7, 11) is 0. The average molecular weight is 716 g/mol. The van der Waals surface area contributed by atoms with Crippen LogP contribution in [0, 0.1) is 0 Å². The van der Waals surface area contributed by atoms with E-state index in [0.29, 0.717) is 17.5 Å². The lowest BCUT2D eigenvalue weighted by Gasteiger charge is -2.39. The van der Waals surface area contributed by atoms with E-state index < -0.39 is 5.60 Å². The molecule has 0 amide bonds. The molecular formula is C52H33N3O. The fourth-order valence-electron chi connectivity index (χ4n) is 8.45. The molecule has 2 aliphatic rings. The fraction of sp³-hybridized carbons (Fsp3) is 0.0192. The molecule has 1 aliphatic carbocycles. The van der Waals surface area contributed by atoms with Crippen LogP contribution in [0.15, 0.2) is 200 Å². The average Bonchev–Trinajstić information content (AvgIpc) is 3.56. The van der Waals surface area contributed by atoms with Crippen LogP contribution in [0.25, 0.3) is 78.7 Å². The Hall–Kier alpha value is -7.43. The quantitative estimate of drug-likeness (QED) is 0.178. The molecule has 9 aromatic rings. The lowest BCUT2D eigenvalue weighted by atomic mass is 9.77. The SMILES string of the molecule is c1ccc(-c2ccc(-c3nc(-c4ccc(-c5ccccc5)cc4)nc(-c4ccc5c(c4)-c4ccccc4OC54c5ccccc5-c5ccccc54)n3)cc2)cc1. The summed E-state index contributed by atoms with van der Waals surface area (Å²) >= 11 is 0. The minimum atomic E-state index is -0.800. The highest BCUT2D eigenvalue weighted by atomic mass is 16.5. The van der Waals surface area contributed by atoms with Crippen LogP contribution in [0.4, 0.5) is 0 Å². The highest BCUT2D eigenvalue weighted by Crippen LogP contribution is 2.58. The van der Waals surface area contributed by atoms with Crippen molar-refractivity contribution in [3.8, 4) is 84.4 Å². The number of nitrogens with zero attached hydrogens (tertiary/aromatic N) is 3. The minimum absolute atomic E-state index is 0.609. The van der Waals surface area contributed by atoms with Gasteiger partial charge in [0.1, 0.15) is 5.75 Å². The molecule has 11 rings (SSSR count). The first-order valence-corrected chi connectivity index (χ1v) is 18.9.